The van der Waals surface area contributed by atoms with Gasteiger partial charge >= 0.3 is 0 Å². The van der Waals surface area contributed by atoms with Crippen LogP contribution in [0.1, 0.15) is 25.9 Å². The number of nitrogens with zero attached hydrogens (tertiary/aromatic N) is 5. The molecule has 2 heterocycles. The molecular formula is C20H17ClN6OS2. The highest BCUT2D eigenvalue weighted by atomic mass is 35.5. The SMILES string of the molecule is Cc1ccc(CNC(=O)c2nnc(CSc3nncn3-c3cccc(Cl)c3)s2)cc1. The largest absolute Gasteiger partial charge is 0.346 e. The monoisotopic (exact) mass is 456 g/mol. The van der Waals surface area contributed by atoms with E-state index in [9.17, 15) is 4.79 Å². The van der Waals surface area contributed by atoms with Gasteiger partial charge in [-0.1, -0.05) is 70.6 Å². The summed E-state index contributed by atoms with van der Waals surface area (Å²) in [4.78, 5) is 12.4. The lowest BCUT2D eigenvalue weighted by molar-refractivity contribution is 0.0950. The molecule has 4 rings (SSSR count). The standard InChI is InChI=1S/C20H17ClN6OS2/c1-13-5-7-14(8-6-13)10-22-18(28)19-25-24-17(30-19)11-29-20-26-23-12-27(20)16-4-2-3-15(21)9-16/h2-9,12H,10-11H2,1H3,(H,22,28). The van der Waals surface area contributed by atoms with Gasteiger partial charge in [0.05, 0.1) is 11.4 Å². The first-order valence-corrected chi connectivity index (χ1v) is 11.2. The first kappa shape index (κ1) is 20.5. The van der Waals surface area contributed by atoms with Crippen LogP contribution in [0.3, 0.4) is 0 Å². The fraction of sp³-hybridized carbons (Fsp3) is 0.150. The number of carbonyl (C=O) groups is 1. The third kappa shape index (κ3) is 5.05. The first-order chi connectivity index (χ1) is 14.6. The summed E-state index contributed by atoms with van der Waals surface area (Å²) in [5.74, 6) is 0.300. The van der Waals surface area contributed by atoms with E-state index in [1.807, 2.05) is 60.0 Å². The molecular weight excluding hydrogens is 440 g/mol. The van der Waals surface area contributed by atoms with Crippen LogP contribution in [0.2, 0.25) is 5.02 Å². The summed E-state index contributed by atoms with van der Waals surface area (Å²) in [6.45, 7) is 2.48. The van der Waals surface area contributed by atoms with Gasteiger partial charge in [0.1, 0.15) is 11.3 Å². The third-order valence-corrected chi connectivity index (χ3v) is 6.46. The molecule has 0 aliphatic rings. The van der Waals surface area contributed by atoms with Crippen molar-refractivity contribution < 1.29 is 4.79 Å². The molecule has 1 amide bonds. The molecule has 1 N–H and O–H groups in total. The number of halogens is 1. The molecule has 4 aromatic rings. The molecule has 0 fully saturated rings. The minimum absolute atomic E-state index is 0.230. The zero-order valence-corrected chi connectivity index (χ0v) is 18.3. The van der Waals surface area contributed by atoms with Crippen LogP contribution >= 0.6 is 34.7 Å². The molecule has 0 bridgehead atoms. The average Bonchev–Trinajstić information content (AvgIpc) is 3.41. The zero-order chi connectivity index (χ0) is 20.9. The fourth-order valence-electron chi connectivity index (χ4n) is 2.62. The molecule has 0 aliphatic carbocycles. The van der Waals surface area contributed by atoms with E-state index in [1.165, 1.54) is 28.7 Å². The molecule has 0 aliphatic heterocycles. The molecule has 0 spiro atoms. The molecule has 0 atom stereocenters. The Balaban J connectivity index is 1.36. The maximum absolute atomic E-state index is 12.4. The van der Waals surface area contributed by atoms with Gasteiger partial charge in [-0.3, -0.25) is 9.36 Å². The Morgan fingerprint density at radius 2 is 2.00 bits per heavy atom. The minimum atomic E-state index is -0.230. The van der Waals surface area contributed by atoms with Crippen molar-refractivity contribution >= 4 is 40.6 Å². The average molecular weight is 457 g/mol. The quantitative estimate of drug-likeness (QED) is 0.417. The van der Waals surface area contributed by atoms with Gasteiger partial charge in [0, 0.05) is 11.6 Å². The van der Waals surface area contributed by atoms with Crippen LogP contribution in [0, 0.1) is 6.92 Å². The number of thioether (sulfide) groups is 1. The number of hydrogen-bond acceptors (Lipinski definition) is 7. The van der Waals surface area contributed by atoms with E-state index >= 15 is 0 Å². The van der Waals surface area contributed by atoms with Crippen molar-refractivity contribution in [1.29, 1.82) is 0 Å². The summed E-state index contributed by atoms with van der Waals surface area (Å²) in [5, 5.41) is 21.6. The molecule has 30 heavy (non-hydrogen) atoms. The molecule has 7 nitrogen and oxygen atoms in total. The number of carbonyl (C=O) groups excluding carboxylic acids is 1. The van der Waals surface area contributed by atoms with Gasteiger partial charge in [-0.2, -0.15) is 0 Å². The van der Waals surface area contributed by atoms with E-state index in [0.717, 1.165) is 16.3 Å². The molecule has 2 aromatic heterocycles. The van der Waals surface area contributed by atoms with Gasteiger partial charge < -0.3 is 5.32 Å². The number of aromatic nitrogens is 5. The highest BCUT2D eigenvalue weighted by Gasteiger charge is 2.14. The number of aryl methyl sites for hydroxylation is 1. The van der Waals surface area contributed by atoms with Gasteiger partial charge in [0.25, 0.3) is 5.91 Å². The third-order valence-electron chi connectivity index (χ3n) is 4.16. The molecule has 0 radical (unpaired) electrons. The first-order valence-electron chi connectivity index (χ1n) is 9.03. The van der Waals surface area contributed by atoms with Crippen LogP contribution in [0.15, 0.2) is 60.0 Å². The molecule has 2 aromatic carbocycles. The van der Waals surface area contributed by atoms with Crippen LogP contribution < -0.4 is 5.32 Å². The van der Waals surface area contributed by atoms with Gasteiger partial charge in [-0.15, -0.1) is 20.4 Å². The lowest BCUT2D eigenvalue weighted by atomic mass is 10.1. The predicted octanol–water partition coefficient (Wildman–Crippen LogP) is 4.30. The fourth-order valence-corrected chi connectivity index (χ4v) is 4.47. The summed E-state index contributed by atoms with van der Waals surface area (Å²) in [5.41, 5.74) is 3.10. The Hall–Kier alpha value is -2.75. The van der Waals surface area contributed by atoms with Crippen LogP contribution in [0.5, 0.6) is 0 Å². The van der Waals surface area contributed by atoms with Crippen molar-refractivity contribution in [1.82, 2.24) is 30.3 Å². The normalized spacial score (nSPS) is 10.9. The highest BCUT2D eigenvalue weighted by molar-refractivity contribution is 7.98. The van der Waals surface area contributed by atoms with Crippen molar-refractivity contribution in [2.24, 2.45) is 0 Å². The van der Waals surface area contributed by atoms with Gasteiger partial charge in [-0.05, 0) is 30.7 Å². The van der Waals surface area contributed by atoms with Gasteiger partial charge in [0.2, 0.25) is 5.01 Å². The number of rotatable bonds is 7. The lowest BCUT2D eigenvalue weighted by Crippen LogP contribution is -2.22. The minimum Gasteiger partial charge on any atom is -0.346 e. The van der Waals surface area contributed by atoms with E-state index in [-0.39, 0.29) is 5.91 Å². The van der Waals surface area contributed by atoms with Crippen LogP contribution in [0.25, 0.3) is 5.69 Å². The van der Waals surface area contributed by atoms with E-state index in [2.05, 4.69) is 25.7 Å². The molecule has 0 saturated heterocycles. The second-order valence-electron chi connectivity index (χ2n) is 6.42. The maximum atomic E-state index is 12.4. The van der Waals surface area contributed by atoms with Crippen molar-refractivity contribution in [2.75, 3.05) is 0 Å². The summed E-state index contributed by atoms with van der Waals surface area (Å²) < 4.78 is 1.85. The number of hydrogen-bond donors (Lipinski definition) is 1. The molecule has 0 unspecified atom stereocenters. The van der Waals surface area contributed by atoms with E-state index in [0.29, 0.717) is 27.5 Å². The van der Waals surface area contributed by atoms with E-state index in [1.54, 1.807) is 6.33 Å². The lowest BCUT2D eigenvalue weighted by Gasteiger charge is -2.05. The van der Waals surface area contributed by atoms with Gasteiger partial charge in [0.15, 0.2) is 5.16 Å². The second kappa shape index (κ2) is 9.38. The molecule has 0 saturated carbocycles. The Morgan fingerprint density at radius 3 is 2.80 bits per heavy atom. The molecule has 10 heteroatoms. The van der Waals surface area contributed by atoms with Crippen molar-refractivity contribution in [2.45, 2.75) is 24.4 Å². The van der Waals surface area contributed by atoms with Crippen LogP contribution in [-0.4, -0.2) is 30.9 Å². The maximum Gasteiger partial charge on any atom is 0.282 e. The summed E-state index contributed by atoms with van der Waals surface area (Å²) in [7, 11) is 0. The zero-order valence-electron chi connectivity index (χ0n) is 15.9. The van der Waals surface area contributed by atoms with Crippen LogP contribution in [-0.2, 0) is 12.3 Å². The summed E-state index contributed by atoms with van der Waals surface area (Å²) in [6, 6.07) is 15.5. The van der Waals surface area contributed by atoms with E-state index in [4.69, 9.17) is 11.6 Å². The van der Waals surface area contributed by atoms with Crippen LogP contribution in [0.4, 0.5) is 0 Å². The predicted molar refractivity (Wildman–Crippen MR) is 118 cm³/mol. The number of benzene rings is 2. The Morgan fingerprint density at radius 1 is 1.17 bits per heavy atom. The topological polar surface area (TPSA) is 85.6 Å². The Bertz CT molecular complexity index is 1160. The number of nitrogens with one attached hydrogen (secondary N) is 1. The van der Waals surface area contributed by atoms with Crippen molar-refractivity contribution in [3.8, 4) is 5.69 Å². The van der Waals surface area contributed by atoms with Crippen molar-refractivity contribution in [3.05, 3.63) is 81.0 Å². The van der Waals surface area contributed by atoms with Gasteiger partial charge in [-0.25, -0.2) is 0 Å². The molecule has 152 valence electrons. The smallest absolute Gasteiger partial charge is 0.282 e. The highest BCUT2D eigenvalue weighted by Crippen LogP contribution is 2.25. The van der Waals surface area contributed by atoms with E-state index < -0.39 is 0 Å². The summed E-state index contributed by atoms with van der Waals surface area (Å²) in [6.07, 6.45) is 1.64. The Labute approximate surface area is 186 Å². The number of amides is 1. The second-order valence-corrected chi connectivity index (χ2v) is 8.86. The summed E-state index contributed by atoms with van der Waals surface area (Å²) >= 11 is 8.81. The van der Waals surface area contributed by atoms with Crippen molar-refractivity contribution in [3.63, 3.8) is 0 Å². The Kier molecular flexibility index (Phi) is 6.41.